The Morgan fingerprint density at radius 1 is 0.694 bits per heavy atom. The second kappa shape index (κ2) is 20.0. The zero-order valence-electron chi connectivity index (χ0n) is 32.9. The number of benzene rings is 2. The van der Waals surface area contributed by atoms with E-state index in [0.29, 0.717) is 24.4 Å². The molecule has 7 N–H and O–H groups in total. The monoisotopic (exact) mass is 910 g/mol. The maximum absolute atomic E-state index is 12.6. The number of carbonyl (C=O) groups is 6. The predicted molar refractivity (Wildman–Crippen MR) is 217 cm³/mol. The van der Waals surface area contributed by atoms with Gasteiger partial charge in [-0.05, 0) is 67.4 Å². The lowest BCUT2D eigenvalue weighted by molar-refractivity contribution is -0.141. The number of carboxylic acids is 6. The Kier molecular flexibility index (Phi) is 15.6. The third-order valence-electron chi connectivity index (χ3n) is 9.52. The lowest BCUT2D eigenvalue weighted by atomic mass is 10.1. The smallest absolute Gasteiger partial charge is 0.406 e. The second-order valence-electron chi connectivity index (χ2n) is 13.7. The average molecular weight is 911 g/mol. The molecule has 334 valence electrons. The molecule has 0 bridgehead atoms. The van der Waals surface area contributed by atoms with Crippen LogP contribution in [-0.4, -0.2) is 121 Å². The molecule has 4 heterocycles. The van der Waals surface area contributed by atoms with E-state index in [9.17, 15) is 65.7 Å². The first kappa shape index (κ1) is 48.4. The van der Waals surface area contributed by atoms with Crippen LogP contribution in [0.3, 0.4) is 0 Å². The topological polar surface area (TPSA) is 283 Å². The number of unbranched alkanes of at least 4 members (excludes halogenated alkanes) is 3. The second-order valence-corrected chi connectivity index (χ2v) is 16.8. The van der Waals surface area contributed by atoms with Gasteiger partial charge in [-0.25, -0.2) is 37.2 Å². The summed E-state index contributed by atoms with van der Waals surface area (Å²) in [4.78, 5) is 65.9. The van der Waals surface area contributed by atoms with Gasteiger partial charge in [-0.2, -0.15) is 17.5 Å². The van der Waals surface area contributed by atoms with Crippen molar-refractivity contribution in [1.82, 2.24) is 18.8 Å². The van der Waals surface area contributed by atoms with Crippen LogP contribution in [0.2, 0.25) is 0 Å². The number of rotatable bonds is 14. The quantitative estimate of drug-likeness (QED) is 0.0605. The number of aromatic carboxylic acids is 6. The number of aryl methyl sites for hydroxylation is 1. The lowest BCUT2D eigenvalue weighted by Crippen LogP contribution is -2.46. The molecular weight excluding hydrogens is 870 g/mol. The number of thiophene rings is 1. The molecule has 0 saturated carbocycles. The summed E-state index contributed by atoms with van der Waals surface area (Å²) in [5.41, 5.74) is 0.392. The highest BCUT2D eigenvalue weighted by Crippen LogP contribution is 2.35. The van der Waals surface area contributed by atoms with Crippen LogP contribution in [0.15, 0.2) is 52.7 Å². The first-order valence-electron chi connectivity index (χ1n) is 18.6. The van der Waals surface area contributed by atoms with E-state index in [2.05, 4.69) is 16.8 Å². The summed E-state index contributed by atoms with van der Waals surface area (Å²) in [7, 11) is -4.01. The van der Waals surface area contributed by atoms with Crippen molar-refractivity contribution in [3.05, 3.63) is 87.0 Å². The van der Waals surface area contributed by atoms with Crippen LogP contribution in [0.5, 0.6) is 0 Å². The minimum Gasteiger partial charge on any atom is -0.478 e. The Labute approximate surface area is 354 Å². The van der Waals surface area contributed by atoms with Crippen molar-refractivity contribution < 1.29 is 81.0 Å². The summed E-state index contributed by atoms with van der Waals surface area (Å²) >= 11 is 0.493. The van der Waals surface area contributed by atoms with E-state index in [4.69, 9.17) is 15.3 Å². The number of aromatic nitrogens is 2. The van der Waals surface area contributed by atoms with Crippen molar-refractivity contribution in [2.75, 3.05) is 26.2 Å². The number of sulfonamides is 1. The van der Waals surface area contributed by atoms with Gasteiger partial charge in [0.25, 0.3) is 10.0 Å². The fraction of sp³-hybridized carbons (Fsp3) is 0.333. The summed E-state index contributed by atoms with van der Waals surface area (Å²) in [6.07, 6.45) is -0.167. The van der Waals surface area contributed by atoms with Gasteiger partial charge in [0.05, 0.1) is 16.7 Å². The van der Waals surface area contributed by atoms with E-state index in [1.54, 1.807) is 24.3 Å². The van der Waals surface area contributed by atoms with Gasteiger partial charge in [0.1, 0.15) is 22.8 Å². The number of nitrogens with one attached hydrogen (secondary N) is 1. The van der Waals surface area contributed by atoms with Gasteiger partial charge >= 0.3 is 42.0 Å². The molecule has 0 spiro atoms. The maximum Gasteiger partial charge on any atom is 0.406 e. The van der Waals surface area contributed by atoms with Gasteiger partial charge < -0.3 is 45.1 Å². The molecule has 0 radical (unpaired) electrons. The molecule has 1 aliphatic heterocycles. The number of fused-ring (bicyclic) bond motifs is 3. The van der Waals surface area contributed by atoms with Crippen LogP contribution in [0, 0.1) is 6.92 Å². The minimum atomic E-state index is -4.69. The molecule has 0 unspecified atom stereocenters. The number of alkyl halides is 3. The predicted octanol–water partition coefficient (Wildman–Crippen LogP) is 6.26. The fourth-order valence-electron chi connectivity index (χ4n) is 6.62. The molecule has 1 fully saturated rings. The van der Waals surface area contributed by atoms with Crippen molar-refractivity contribution in [1.29, 1.82) is 0 Å². The van der Waals surface area contributed by atoms with Gasteiger partial charge in [0.15, 0.2) is 4.21 Å². The number of piperazine rings is 1. The van der Waals surface area contributed by atoms with E-state index in [0.717, 1.165) is 59.7 Å². The molecule has 18 nitrogen and oxygen atoms in total. The number of hydrogen-bond donors (Lipinski definition) is 7. The van der Waals surface area contributed by atoms with Gasteiger partial charge in [0, 0.05) is 54.5 Å². The zero-order chi connectivity index (χ0) is 46.3. The summed E-state index contributed by atoms with van der Waals surface area (Å²) in [6, 6.07) is 11.7. The molecule has 3 aromatic heterocycles. The largest absolute Gasteiger partial charge is 0.478 e. The normalized spacial score (nSPS) is 13.2. The lowest BCUT2D eigenvalue weighted by Gasteiger charge is -2.26. The molecule has 23 heteroatoms. The Hall–Kier alpha value is -6.30. The summed E-state index contributed by atoms with van der Waals surface area (Å²) in [6.45, 7) is 4.04. The van der Waals surface area contributed by atoms with Crippen LogP contribution >= 0.6 is 11.3 Å². The molecule has 5 aromatic rings. The van der Waals surface area contributed by atoms with Crippen LogP contribution in [0.25, 0.3) is 21.8 Å². The van der Waals surface area contributed by atoms with Gasteiger partial charge in [-0.3, -0.25) is 0 Å². The molecule has 6 rings (SSSR count). The maximum atomic E-state index is 12.6. The molecule has 2 aromatic carbocycles. The van der Waals surface area contributed by atoms with Crippen LogP contribution in [0.4, 0.5) is 13.2 Å². The fourth-order valence-corrected chi connectivity index (χ4v) is 9.87. The van der Waals surface area contributed by atoms with Crippen molar-refractivity contribution in [3.8, 4) is 0 Å². The Balaban J connectivity index is 0.000000210. The first-order valence-corrected chi connectivity index (χ1v) is 20.8. The molecular formula is C39H41F3N4O14S2. The highest BCUT2D eigenvalue weighted by atomic mass is 32.2. The van der Waals surface area contributed by atoms with Gasteiger partial charge in [0.2, 0.25) is 0 Å². The molecule has 0 aliphatic carbocycles. The van der Waals surface area contributed by atoms with Gasteiger partial charge in [-0.15, -0.1) is 11.3 Å². The minimum absolute atomic E-state index is 0.0336. The third kappa shape index (κ3) is 11.1. The first-order chi connectivity index (χ1) is 29.0. The van der Waals surface area contributed by atoms with Crippen molar-refractivity contribution in [2.45, 2.75) is 63.0 Å². The molecule has 0 atom stereocenters. The zero-order valence-corrected chi connectivity index (χ0v) is 34.6. The number of carboxylic acid groups (broad SMARTS) is 6. The van der Waals surface area contributed by atoms with E-state index in [1.807, 2.05) is 12.1 Å². The Morgan fingerprint density at radius 2 is 1.19 bits per heavy atom. The van der Waals surface area contributed by atoms with Crippen LogP contribution < -0.4 is 5.32 Å². The molecule has 1 saturated heterocycles. The van der Waals surface area contributed by atoms with E-state index in [-0.39, 0.29) is 39.2 Å². The van der Waals surface area contributed by atoms with E-state index < -0.39 is 79.7 Å². The summed E-state index contributed by atoms with van der Waals surface area (Å²) < 4.78 is 64.5. The summed E-state index contributed by atoms with van der Waals surface area (Å²) in [5.74, 6) is -7.97. The van der Waals surface area contributed by atoms with Crippen LogP contribution in [0.1, 0.15) is 99.9 Å². The molecule has 62 heavy (non-hydrogen) atoms. The molecule has 1 aliphatic rings. The highest BCUT2D eigenvalue weighted by molar-refractivity contribution is 7.91. The van der Waals surface area contributed by atoms with E-state index >= 15 is 0 Å². The Bertz CT molecular complexity index is 2540. The number of hydrogen-bond acceptors (Lipinski definition) is 10. The standard InChI is InChI=1S/C20H21NO4.C11H14N2O6S2.C8H6F3NO4/c1-2-3-4-5-10-21-17-8-6-13(19(22)23)11-15(17)16-12-14(20(24)25)7-9-18(16)21;1-6-7(9(14)15)11(20-8(6)10(16)17)21(18,19)13-4-2-12-3-5-13;9-8(10,11)3-12-4(6(13)14)1-2-5(12)7(15)16/h6-9,11-12H,2-5,10H2,1H3,(H,22,23)(H,24,25);12H,2-5H2,1H3,(H,14,15)(H,16,17);1-2H,3H2,(H,13,14)(H,15,16). The highest BCUT2D eigenvalue weighted by Gasteiger charge is 2.36. The van der Waals surface area contributed by atoms with Crippen molar-refractivity contribution in [3.63, 3.8) is 0 Å². The van der Waals surface area contributed by atoms with Gasteiger partial charge in [-0.1, -0.05) is 26.2 Å². The third-order valence-corrected chi connectivity index (χ3v) is 13.2. The van der Waals surface area contributed by atoms with Crippen LogP contribution in [-0.2, 0) is 23.1 Å². The average Bonchev–Trinajstić information content (AvgIpc) is 3.88. The Morgan fingerprint density at radius 3 is 1.60 bits per heavy atom. The van der Waals surface area contributed by atoms with E-state index in [1.165, 1.54) is 17.6 Å². The SMILES string of the molecule is CCCCCCn1c2ccc(C(=O)O)cc2c2cc(C(=O)O)ccc21.Cc1c(C(=O)O)sc(S(=O)(=O)N2CCNCC2)c1C(=O)O.O=C(O)c1ccc(C(=O)O)n1CC(F)(F)F. The summed E-state index contributed by atoms with van der Waals surface area (Å²) in [5, 5.41) is 58.5. The van der Waals surface area contributed by atoms with Crippen molar-refractivity contribution >= 4 is 79.0 Å². The molecule has 0 amide bonds. The number of halogens is 3. The number of nitrogens with zero attached hydrogens (tertiary/aromatic N) is 3. The van der Waals surface area contributed by atoms with Crippen molar-refractivity contribution in [2.24, 2.45) is 0 Å².